The third-order valence-electron chi connectivity index (χ3n) is 4.16. The van der Waals surface area contributed by atoms with Gasteiger partial charge in [-0.3, -0.25) is 4.79 Å². The Morgan fingerprint density at radius 3 is 3.00 bits per heavy atom. The molecular weight excluding hydrogens is 274 g/mol. The summed E-state index contributed by atoms with van der Waals surface area (Å²) in [7, 11) is 0. The molecule has 2 aliphatic rings. The minimum Gasteiger partial charge on any atom is -0.352 e. The summed E-state index contributed by atoms with van der Waals surface area (Å²) in [5.41, 5.74) is 1.53. The van der Waals surface area contributed by atoms with E-state index in [-0.39, 0.29) is 17.7 Å². The van der Waals surface area contributed by atoms with Crippen LogP contribution in [-0.2, 0) is 4.79 Å². The van der Waals surface area contributed by atoms with E-state index in [1.54, 1.807) is 6.07 Å². The molecule has 1 amide bonds. The van der Waals surface area contributed by atoms with Gasteiger partial charge in [-0.1, -0.05) is 23.8 Å². The van der Waals surface area contributed by atoms with Gasteiger partial charge in [0.2, 0.25) is 5.91 Å². The number of benzene rings is 1. The highest BCUT2D eigenvalue weighted by Crippen LogP contribution is 2.48. The van der Waals surface area contributed by atoms with Crippen molar-refractivity contribution in [3.8, 4) is 0 Å². The molecule has 1 aliphatic heterocycles. The van der Waals surface area contributed by atoms with Crippen molar-refractivity contribution in [1.29, 1.82) is 0 Å². The second-order valence-electron chi connectivity index (χ2n) is 5.63. The molecule has 0 spiro atoms. The summed E-state index contributed by atoms with van der Waals surface area (Å²) in [5.74, 6) is -2.16. The summed E-state index contributed by atoms with van der Waals surface area (Å²) in [4.78, 5) is 12.1. The highest BCUT2D eigenvalue weighted by Gasteiger charge is 2.45. The maximum Gasteiger partial charge on any atom is 0.224 e. The van der Waals surface area contributed by atoms with E-state index in [2.05, 4.69) is 16.7 Å². The molecule has 2 atom stereocenters. The first kappa shape index (κ1) is 14.2. The molecule has 1 aromatic carbocycles. The second kappa shape index (κ2) is 5.93. The Hall–Kier alpha value is -1.75. The lowest BCUT2D eigenvalue weighted by atomic mass is 10.1. The first-order valence-electron chi connectivity index (χ1n) is 7.27. The van der Waals surface area contributed by atoms with Gasteiger partial charge < -0.3 is 10.6 Å². The lowest BCUT2D eigenvalue weighted by molar-refractivity contribution is -0.122. The van der Waals surface area contributed by atoms with Crippen molar-refractivity contribution in [1.82, 2.24) is 10.6 Å². The van der Waals surface area contributed by atoms with Crippen LogP contribution >= 0.6 is 0 Å². The SMILES string of the molecule is O=C(NCC1=CCNCC1)C1CC1c1cccc(F)c1F. The number of carbonyl (C=O) groups is 1. The number of hydrogen-bond acceptors (Lipinski definition) is 2. The summed E-state index contributed by atoms with van der Waals surface area (Å²) < 4.78 is 26.9. The van der Waals surface area contributed by atoms with E-state index in [0.29, 0.717) is 18.5 Å². The number of hydrogen-bond donors (Lipinski definition) is 2. The number of rotatable bonds is 4. The van der Waals surface area contributed by atoms with Crippen molar-refractivity contribution in [2.45, 2.75) is 18.8 Å². The lowest BCUT2D eigenvalue weighted by Crippen LogP contribution is -2.30. The van der Waals surface area contributed by atoms with Gasteiger partial charge in [0.15, 0.2) is 11.6 Å². The van der Waals surface area contributed by atoms with Crippen LogP contribution in [0.3, 0.4) is 0 Å². The third kappa shape index (κ3) is 3.13. The van der Waals surface area contributed by atoms with E-state index in [1.165, 1.54) is 11.6 Å². The van der Waals surface area contributed by atoms with Crippen LogP contribution in [0.4, 0.5) is 8.78 Å². The summed E-state index contributed by atoms with van der Waals surface area (Å²) in [6.07, 6.45) is 3.61. The average Bonchev–Trinajstić information content (AvgIpc) is 3.29. The normalized spacial score (nSPS) is 24.4. The van der Waals surface area contributed by atoms with Gasteiger partial charge in [0.05, 0.1) is 0 Å². The van der Waals surface area contributed by atoms with Gasteiger partial charge in [0.1, 0.15) is 0 Å². The number of carbonyl (C=O) groups excluding carboxylic acids is 1. The van der Waals surface area contributed by atoms with E-state index in [1.807, 2.05) is 0 Å². The minimum absolute atomic E-state index is 0.0666. The molecule has 1 saturated carbocycles. The average molecular weight is 292 g/mol. The van der Waals surface area contributed by atoms with E-state index in [0.717, 1.165) is 25.6 Å². The molecule has 0 saturated heterocycles. The molecule has 3 rings (SSSR count). The molecule has 5 heteroatoms. The summed E-state index contributed by atoms with van der Waals surface area (Å²) in [5, 5.41) is 6.11. The molecule has 1 fully saturated rings. The largest absolute Gasteiger partial charge is 0.352 e. The van der Waals surface area contributed by atoms with Crippen LogP contribution in [0, 0.1) is 17.6 Å². The van der Waals surface area contributed by atoms with Gasteiger partial charge >= 0.3 is 0 Å². The zero-order chi connectivity index (χ0) is 14.8. The molecule has 2 unspecified atom stereocenters. The number of amides is 1. The smallest absolute Gasteiger partial charge is 0.224 e. The molecule has 0 radical (unpaired) electrons. The fraction of sp³-hybridized carbons (Fsp3) is 0.438. The first-order chi connectivity index (χ1) is 10.2. The Morgan fingerprint density at radius 2 is 2.24 bits per heavy atom. The lowest BCUT2D eigenvalue weighted by Gasteiger charge is -2.14. The Balaban J connectivity index is 1.56. The molecule has 1 aliphatic carbocycles. The first-order valence-corrected chi connectivity index (χ1v) is 7.27. The Kier molecular flexibility index (Phi) is 4.01. The maximum atomic E-state index is 13.7. The van der Waals surface area contributed by atoms with Crippen molar-refractivity contribution in [2.24, 2.45) is 5.92 Å². The number of nitrogens with one attached hydrogen (secondary N) is 2. The van der Waals surface area contributed by atoms with E-state index in [4.69, 9.17) is 0 Å². The van der Waals surface area contributed by atoms with E-state index in [9.17, 15) is 13.6 Å². The van der Waals surface area contributed by atoms with Crippen molar-refractivity contribution in [3.05, 3.63) is 47.0 Å². The predicted octanol–water partition coefficient (Wildman–Crippen LogP) is 2.10. The predicted molar refractivity (Wildman–Crippen MR) is 75.8 cm³/mol. The second-order valence-corrected chi connectivity index (χ2v) is 5.63. The summed E-state index contributed by atoms with van der Waals surface area (Å²) in [6, 6.07) is 4.15. The van der Waals surface area contributed by atoms with Crippen LogP contribution in [-0.4, -0.2) is 25.5 Å². The topological polar surface area (TPSA) is 41.1 Å². The van der Waals surface area contributed by atoms with Crippen LogP contribution in [0.2, 0.25) is 0 Å². The van der Waals surface area contributed by atoms with Crippen LogP contribution in [0.1, 0.15) is 24.3 Å². The molecular formula is C16H18F2N2O. The number of halogens is 2. The highest BCUT2D eigenvalue weighted by molar-refractivity contribution is 5.83. The molecule has 2 N–H and O–H groups in total. The molecule has 0 aromatic heterocycles. The minimum atomic E-state index is -0.849. The fourth-order valence-corrected chi connectivity index (χ4v) is 2.80. The quantitative estimate of drug-likeness (QED) is 0.835. The van der Waals surface area contributed by atoms with E-state index < -0.39 is 11.6 Å². The van der Waals surface area contributed by atoms with Crippen LogP contribution in [0.25, 0.3) is 0 Å². The van der Waals surface area contributed by atoms with E-state index >= 15 is 0 Å². The van der Waals surface area contributed by atoms with Crippen LogP contribution in [0.15, 0.2) is 29.8 Å². The molecule has 1 heterocycles. The molecule has 3 nitrogen and oxygen atoms in total. The van der Waals surface area contributed by atoms with Crippen molar-refractivity contribution < 1.29 is 13.6 Å². The molecule has 0 bridgehead atoms. The van der Waals surface area contributed by atoms with Crippen molar-refractivity contribution in [2.75, 3.05) is 19.6 Å². The molecule has 1 aromatic rings. The van der Waals surface area contributed by atoms with Crippen LogP contribution in [0.5, 0.6) is 0 Å². The summed E-state index contributed by atoms with van der Waals surface area (Å²) in [6.45, 7) is 2.32. The third-order valence-corrected chi connectivity index (χ3v) is 4.16. The van der Waals surface area contributed by atoms with Gasteiger partial charge in [-0.25, -0.2) is 8.78 Å². The maximum absolute atomic E-state index is 13.7. The van der Waals surface area contributed by atoms with Gasteiger partial charge in [-0.15, -0.1) is 0 Å². The van der Waals surface area contributed by atoms with Gasteiger partial charge in [-0.05, 0) is 36.9 Å². The zero-order valence-corrected chi connectivity index (χ0v) is 11.7. The zero-order valence-electron chi connectivity index (χ0n) is 11.7. The van der Waals surface area contributed by atoms with Crippen LogP contribution < -0.4 is 10.6 Å². The highest BCUT2D eigenvalue weighted by atomic mass is 19.2. The van der Waals surface area contributed by atoms with Gasteiger partial charge in [-0.2, -0.15) is 0 Å². The Labute approximate surface area is 122 Å². The Morgan fingerprint density at radius 1 is 1.38 bits per heavy atom. The fourth-order valence-electron chi connectivity index (χ4n) is 2.80. The monoisotopic (exact) mass is 292 g/mol. The molecule has 21 heavy (non-hydrogen) atoms. The Bertz CT molecular complexity index is 586. The van der Waals surface area contributed by atoms with Crippen molar-refractivity contribution in [3.63, 3.8) is 0 Å². The van der Waals surface area contributed by atoms with Crippen molar-refractivity contribution >= 4 is 5.91 Å². The standard InChI is InChI=1S/C16H18F2N2O/c17-14-3-1-2-11(15(14)18)12-8-13(12)16(21)20-9-10-4-6-19-7-5-10/h1-4,12-13,19H,5-9H2,(H,20,21). The van der Waals surface area contributed by atoms with Gasteiger partial charge in [0, 0.05) is 19.0 Å². The van der Waals surface area contributed by atoms with Gasteiger partial charge in [0.25, 0.3) is 0 Å². The summed E-state index contributed by atoms with van der Waals surface area (Å²) >= 11 is 0. The molecule has 112 valence electrons.